The van der Waals surface area contributed by atoms with Gasteiger partial charge in [0.15, 0.2) is 5.16 Å². The summed E-state index contributed by atoms with van der Waals surface area (Å²) in [6.07, 6.45) is 2.24. The molecule has 5 rings (SSSR count). The molecule has 1 saturated heterocycles. The van der Waals surface area contributed by atoms with Crippen LogP contribution in [0, 0.1) is 6.92 Å². The van der Waals surface area contributed by atoms with Crippen molar-refractivity contribution in [2.45, 2.75) is 38.0 Å². The Morgan fingerprint density at radius 2 is 1.94 bits per heavy atom. The van der Waals surface area contributed by atoms with Crippen molar-refractivity contribution < 1.29 is 13.9 Å². The van der Waals surface area contributed by atoms with E-state index in [1.165, 1.54) is 17.3 Å². The number of benzene rings is 1. The summed E-state index contributed by atoms with van der Waals surface area (Å²) in [4.78, 5) is 15.5. The van der Waals surface area contributed by atoms with Crippen molar-refractivity contribution in [3.63, 3.8) is 0 Å². The van der Waals surface area contributed by atoms with Crippen LogP contribution in [0.3, 0.4) is 0 Å². The highest BCUT2D eigenvalue weighted by molar-refractivity contribution is 7.99. The summed E-state index contributed by atoms with van der Waals surface area (Å²) in [5, 5.41) is 15.8. The van der Waals surface area contributed by atoms with Gasteiger partial charge < -0.3 is 14.1 Å². The van der Waals surface area contributed by atoms with Gasteiger partial charge in [-0.25, -0.2) is 5.01 Å². The molecule has 1 fully saturated rings. The van der Waals surface area contributed by atoms with Crippen LogP contribution in [0.1, 0.15) is 36.3 Å². The number of thioether (sulfide) groups is 1. The molecule has 0 saturated carbocycles. The van der Waals surface area contributed by atoms with E-state index in [4.69, 9.17) is 14.3 Å². The fourth-order valence-electron chi connectivity index (χ4n) is 4.22. The van der Waals surface area contributed by atoms with Crippen LogP contribution in [0.4, 0.5) is 5.95 Å². The monoisotopic (exact) mass is 480 g/mol. The molecule has 0 N–H and O–H groups in total. The van der Waals surface area contributed by atoms with Gasteiger partial charge in [0.2, 0.25) is 5.95 Å². The van der Waals surface area contributed by atoms with Gasteiger partial charge in [-0.2, -0.15) is 5.10 Å². The first kappa shape index (κ1) is 22.7. The number of furan rings is 1. The zero-order valence-electron chi connectivity index (χ0n) is 19.4. The highest BCUT2D eigenvalue weighted by atomic mass is 32.2. The Labute approximate surface area is 202 Å². The van der Waals surface area contributed by atoms with E-state index in [9.17, 15) is 4.79 Å². The maximum absolute atomic E-state index is 13.3. The highest BCUT2D eigenvalue weighted by Gasteiger charge is 2.35. The molecular formula is C24H28N6O3S. The smallest absolute Gasteiger partial charge is 0.253 e. The van der Waals surface area contributed by atoms with Gasteiger partial charge in [0, 0.05) is 26.1 Å². The second-order valence-corrected chi connectivity index (χ2v) is 9.24. The number of hydrazone groups is 1. The summed E-state index contributed by atoms with van der Waals surface area (Å²) in [6.45, 7) is 7.78. The Hall–Kier alpha value is -3.11. The van der Waals surface area contributed by atoms with Crippen LogP contribution in [-0.2, 0) is 16.1 Å². The molecule has 2 aromatic heterocycles. The zero-order valence-corrected chi connectivity index (χ0v) is 20.2. The number of aryl methyl sites for hydroxylation is 1. The van der Waals surface area contributed by atoms with Crippen molar-refractivity contribution in [2.75, 3.05) is 37.0 Å². The molecule has 0 bridgehead atoms. The van der Waals surface area contributed by atoms with Crippen LogP contribution in [0.5, 0.6) is 0 Å². The maximum Gasteiger partial charge on any atom is 0.253 e. The van der Waals surface area contributed by atoms with Gasteiger partial charge in [-0.15, -0.1) is 10.2 Å². The third kappa shape index (κ3) is 4.60. The van der Waals surface area contributed by atoms with Crippen LogP contribution in [0.25, 0.3) is 0 Å². The van der Waals surface area contributed by atoms with Crippen molar-refractivity contribution in [3.05, 3.63) is 59.5 Å². The molecule has 0 unspecified atom stereocenters. The van der Waals surface area contributed by atoms with E-state index in [1.807, 2.05) is 24.3 Å². The average molecular weight is 481 g/mol. The Balaban J connectivity index is 1.33. The number of hydrogen-bond donors (Lipinski definition) is 0. The van der Waals surface area contributed by atoms with E-state index in [-0.39, 0.29) is 17.7 Å². The molecule has 0 aliphatic carbocycles. The molecule has 0 spiro atoms. The van der Waals surface area contributed by atoms with E-state index >= 15 is 0 Å². The largest absolute Gasteiger partial charge is 0.467 e. The third-order valence-electron chi connectivity index (χ3n) is 6.05. The number of carbonyl (C=O) groups excluding carboxylic acids is 1. The lowest BCUT2D eigenvalue weighted by molar-refractivity contribution is -0.130. The van der Waals surface area contributed by atoms with Gasteiger partial charge in [0.1, 0.15) is 11.8 Å². The normalized spacial score (nSPS) is 18.4. The van der Waals surface area contributed by atoms with Crippen LogP contribution in [0.2, 0.25) is 0 Å². The molecule has 10 heteroatoms. The lowest BCUT2D eigenvalue weighted by Gasteiger charge is -2.27. The number of hydrogen-bond acceptors (Lipinski definition) is 8. The molecule has 0 radical (unpaired) electrons. The van der Waals surface area contributed by atoms with Gasteiger partial charge in [-0.3, -0.25) is 9.36 Å². The summed E-state index contributed by atoms with van der Waals surface area (Å²) in [6, 6.07) is 11.7. The van der Waals surface area contributed by atoms with E-state index in [1.54, 1.807) is 11.3 Å². The van der Waals surface area contributed by atoms with E-state index in [0.717, 1.165) is 47.8 Å². The second kappa shape index (κ2) is 10.0. The average Bonchev–Trinajstić information content (AvgIpc) is 3.63. The van der Waals surface area contributed by atoms with Gasteiger partial charge in [-0.05, 0) is 31.5 Å². The van der Waals surface area contributed by atoms with E-state index < -0.39 is 0 Å². The van der Waals surface area contributed by atoms with Crippen molar-refractivity contribution in [2.24, 2.45) is 5.10 Å². The second-order valence-electron chi connectivity index (χ2n) is 8.30. The van der Waals surface area contributed by atoms with Gasteiger partial charge in [0.05, 0.1) is 30.9 Å². The van der Waals surface area contributed by atoms with Gasteiger partial charge in [-0.1, -0.05) is 41.6 Å². The summed E-state index contributed by atoms with van der Waals surface area (Å²) in [5.41, 5.74) is 3.09. The molecule has 34 heavy (non-hydrogen) atoms. The Kier molecular flexibility index (Phi) is 6.68. The van der Waals surface area contributed by atoms with E-state index in [0.29, 0.717) is 19.6 Å². The van der Waals surface area contributed by atoms with Crippen molar-refractivity contribution in [3.8, 4) is 0 Å². The van der Waals surface area contributed by atoms with Crippen molar-refractivity contribution in [1.29, 1.82) is 0 Å². The zero-order chi connectivity index (χ0) is 23.5. The summed E-state index contributed by atoms with van der Waals surface area (Å²) >= 11 is 1.39. The van der Waals surface area contributed by atoms with Crippen LogP contribution in [0.15, 0.2) is 57.3 Å². The van der Waals surface area contributed by atoms with Gasteiger partial charge >= 0.3 is 0 Å². The Morgan fingerprint density at radius 1 is 1.15 bits per heavy atom. The van der Waals surface area contributed by atoms with Crippen LogP contribution in [-0.4, -0.2) is 63.4 Å². The number of amides is 1. The summed E-state index contributed by atoms with van der Waals surface area (Å²) < 4.78 is 13.2. The van der Waals surface area contributed by atoms with Crippen LogP contribution < -0.4 is 4.90 Å². The first-order chi connectivity index (χ1) is 16.6. The lowest BCUT2D eigenvalue weighted by atomic mass is 10.0. The number of carbonyl (C=O) groups is 1. The van der Waals surface area contributed by atoms with Crippen molar-refractivity contribution in [1.82, 2.24) is 19.8 Å². The highest BCUT2D eigenvalue weighted by Crippen LogP contribution is 2.34. The molecule has 1 atom stereocenters. The number of nitrogens with zero attached hydrogens (tertiary/aromatic N) is 6. The predicted octanol–water partition coefficient (Wildman–Crippen LogP) is 3.51. The number of morpholine rings is 1. The number of rotatable bonds is 7. The first-order valence-electron chi connectivity index (χ1n) is 11.5. The van der Waals surface area contributed by atoms with Gasteiger partial charge in [0.25, 0.3) is 5.91 Å². The Morgan fingerprint density at radius 3 is 2.65 bits per heavy atom. The minimum Gasteiger partial charge on any atom is -0.467 e. The topological polar surface area (TPSA) is 89.0 Å². The molecule has 1 aromatic carbocycles. The van der Waals surface area contributed by atoms with Crippen LogP contribution >= 0.6 is 11.8 Å². The molecule has 1 amide bonds. The first-order valence-corrected chi connectivity index (χ1v) is 12.5. The third-order valence-corrected chi connectivity index (χ3v) is 7.01. The molecule has 2 aliphatic rings. The maximum atomic E-state index is 13.3. The lowest BCUT2D eigenvalue weighted by Crippen LogP contribution is -2.38. The van der Waals surface area contributed by atoms with Crippen molar-refractivity contribution >= 4 is 29.3 Å². The Bertz CT molecular complexity index is 1150. The molecule has 9 nitrogen and oxygen atoms in total. The molecule has 4 heterocycles. The standard InChI is InChI=1S/C24H28N6O3S/c1-3-29-23(28-10-13-32-14-11-28)25-26-24(29)34-16-22(31)30-20(21-5-4-12-33-21)15-19(27-30)18-8-6-17(2)7-9-18/h4-9,12,20H,3,10-11,13-16H2,1-2H3/t20-/m1/s1. The minimum absolute atomic E-state index is 0.0907. The molecule has 178 valence electrons. The number of aromatic nitrogens is 3. The number of ether oxygens (including phenoxy) is 1. The molecular weight excluding hydrogens is 452 g/mol. The van der Waals surface area contributed by atoms with E-state index in [2.05, 4.69) is 45.6 Å². The molecule has 3 aromatic rings. The quantitative estimate of drug-likeness (QED) is 0.478. The predicted molar refractivity (Wildman–Crippen MR) is 130 cm³/mol. The summed E-state index contributed by atoms with van der Waals surface area (Å²) in [5.74, 6) is 1.68. The summed E-state index contributed by atoms with van der Waals surface area (Å²) in [7, 11) is 0. The molecule has 2 aliphatic heterocycles. The SMILES string of the molecule is CCn1c(SCC(=O)N2N=C(c3ccc(C)cc3)C[C@@H]2c2ccco2)nnc1N1CCOCC1. The minimum atomic E-state index is -0.257. The fourth-order valence-corrected chi connectivity index (χ4v) is 5.07. The number of anilines is 1. The fraction of sp³-hybridized carbons (Fsp3) is 0.417.